The summed E-state index contributed by atoms with van der Waals surface area (Å²) in [5.74, 6) is 1.28. The van der Waals surface area contributed by atoms with E-state index in [-0.39, 0.29) is 0 Å². The molecular formula is C17H25NOS. The summed E-state index contributed by atoms with van der Waals surface area (Å²) < 4.78 is 0. The highest BCUT2D eigenvalue weighted by Crippen LogP contribution is 2.28. The van der Waals surface area contributed by atoms with Crippen LogP contribution in [0.5, 0.6) is 0 Å². The highest BCUT2D eigenvalue weighted by molar-refractivity contribution is 7.10. The van der Waals surface area contributed by atoms with E-state index < -0.39 is 0 Å². The van der Waals surface area contributed by atoms with E-state index in [1.54, 1.807) is 0 Å². The van der Waals surface area contributed by atoms with Crippen LogP contribution in [0.25, 0.3) is 0 Å². The van der Waals surface area contributed by atoms with Gasteiger partial charge in [-0.05, 0) is 42.2 Å². The Morgan fingerprint density at radius 1 is 1.30 bits per heavy atom. The fraction of sp³-hybridized carbons (Fsp3) is 0.706. The molecule has 2 aliphatic rings. The van der Waals surface area contributed by atoms with E-state index >= 15 is 0 Å². The first-order valence-corrected chi connectivity index (χ1v) is 9.04. The lowest BCUT2D eigenvalue weighted by Gasteiger charge is -2.27. The summed E-state index contributed by atoms with van der Waals surface area (Å²) in [6, 6.07) is 2.18. The molecule has 0 unspecified atom stereocenters. The molecule has 2 heterocycles. The predicted octanol–water partition coefficient (Wildman–Crippen LogP) is 4.38. The van der Waals surface area contributed by atoms with Crippen molar-refractivity contribution in [3.63, 3.8) is 0 Å². The molecule has 1 fully saturated rings. The molecule has 0 aromatic carbocycles. The van der Waals surface area contributed by atoms with Gasteiger partial charge in [-0.25, -0.2) is 0 Å². The van der Waals surface area contributed by atoms with E-state index in [1.165, 1.54) is 49.0 Å². The fourth-order valence-corrected chi connectivity index (χ4v) is 4.53. The largest absolute Gasteiger partial charge is 0.338 e. The second-order valence-electron chi connectivity index (χ2n) is 6.33. The number of carbonyl (C=O) groups is 1. The monoisotopic (exact) mass is 291 g/mol. The van der Waals surface area contributed by atoms with Crippen molar-refractivity contribution >= 4 is 17.2 Å². The Morgan fingerprint density at radius 2 is 2.15 bits per heavy atom. The van der Waals surface area contributed by atoms with Gasteiger partial charge in [0.2, 0.25) is 5.91 Å². The van der Waals surface area contributed by atoms with E-state index in [9.17, 15) is 4.79 Å². The molecule has 1 aromatic heterocycles. The second-order valence-corrected chi connectivity index (χ2v) is 7.33. The molecule has 0 radical (unpaired) electrons. The van der Waals surface area contributed by atoms with Crippen LogP contribution in [0.3, 0.4) is 0 Å². The number of carbonyl (C=O) groups excluding carboxylic acids is 1. The van der Waals surface area contributed by atoms with Gasteiger partial charge in [0.25, 0.3) is 0 Å². The minimum atomic E-state index is 0.373. The standard InChI is InChI=1S/C17H25NOS/c19-17(8-4-7-14-5-2-1-3-6-14)18-11-9-16-15(13-18)10-12-20-16/h10,12,14H,1-9,11,13H2. The summed E-state index contributed by atoms with van der Waals surface area (Å²) in [4.78, 5) is 15.8. The third kappa shape index (κ3) is 3.43. The van der Waals surface area contributed by atoms with Gasteiger partial charge in [-0.3, -0.25) is 4.79 Å². The second kappa shape index (κ2) is 6.75. The van der Waals surface area contributed by atoms with Gasteiger partial charge in [0, 0.05) is 24.4 Å². The molecule has 1 saturated carbocycles. The SMILES string of the molecule is O=C(CCCC1CCCCC1)N1CCc2sccc2C1. The molecule has 0 atom stereocenters. The van der Waals surface area contributed by atoms with Crippen molar-refractivity contribution in [3.05, 3.63) is 21.9 Å². The van der Waals surface area contributed by atoms with Gasteiger partial charge in [0.1, 0.15) is 0 Å². The minimum absolute atomic E-state index is 0.373. The number of amides is 1. The van der Waals surface area contributed by atoms with Crippen LogP contribution in [-0.2, 0) is 17.8 Å². The van der Waals surface area contributed by atoms with E-state index in [2.05, 4.69) is 16.3 Å². The lowest BCUT2D eigenvalue weighted by atomic mass is 9.86. The smallest absolute Gasteiger partial charge is 0.222 e. The van der Waals surface area contributed by atoms with Crippen LogP contribution in [0.4, 0.5) is 0 Å². The fourth-order valence-electron chi connectivity index (χ4n) is 3.64. The zero-order valence-electron chi connectivity index (χ0n) is 12.3. The summed E-state index contributed by atoms with van der Waals surface area (Å²) in [6.45, 7) is 1.77. The molecule has 0 N–H and O–H groups in total. The highest BCUT2D eigenvalue weighted by atomic mass is 32.1. The highest BCUT2D eigenvalue weighted by Gasteiger charge is 2.21. The van der Waals surface area contributed by atoms with Crippen molar-refractivity contribution in [2.75, 3.05) is 6.54 Å². The first-order valence-electron chi connectivity index (χ1n) is 8.16. The van der Waals surface area contributed by atoms with E-state index in [4.69, 9.17) is 0 Å². The molecule has 0 bridgehead atoms. The zero-order chi connectivity index (χ0) is 13.8. The molecule has 2 nitrogen and oxygen atoms in total. The molecule has 20 heavy (non-hydrogen) atoms. The summed E-state index contributed by atoms with van der Waals surface area (Å²) in [5.41, 5.74) is 1.38. The van der Waals surface area contributed by atoms with Gasteiger partial charge in [0.05, 0.1) is 0 Å². The quantitative estimate of drug-likeness (QED) is 0.806. The van der Waals surface area contributed by atoms with E-state index in [1.807, 2.05) is 11.3 Å². The third-order valence-electron chi connectivity index (χ3n) is 4.89. The molecular weight excluding hydrogens is 266 g/mol. The Morgan fingerprint density at radius 3 is 3.00 bits per heavy atom. The van der Waals surface area contributed by atoms with E-state index in [0.717, 1.165) is 38.3 Å². The number of rotatable bonds is 4. The Bertz CT molecular complexity index is 448. The number of hydrogen-bond acceptors (Lipinski definition) is 2. The summed E-state index contributed by atoms with van der Waals surface area (Å²) in [7, 11) is 0. The van der Waals surface area contributed by atoms with Gasteiger partial charge in [-0.1, -0.05) is 32.1 Å². The Hall–Kier alpha value is -0.830. The van der Waals surface area contributed by atoms with Crippen LogP contribution in [0.15, 0.2) is 11.4 Å². The maximum absolute atomic E-state index is 12.3. The van der Waals surface area contributed by atoms with Crippen molar-refractivity contribution in [2.24, 2.45) is 5.92 Å². The Kier molecular flexibility index (Phi) is 4.77. The van der Waals surface area contributed by atoms with Crippen LogP contribution in [0.1, 0.15) is 61.8 Å². The zero-order valence-corrected chi connectivity index (χ0v) is 13.1. The van der Waals surface area contributed by atoms with Gasteiger partial charge in [0.15, 0.2) is 0 Å². The van der Waals surface area contributed by atoms with Crippen molar-refractivity contribution in [1.29, 1.82) is 0 Å². The van der Waals surface area contributed by atoms with Crippen LogP contribution >= 0.6 is 11.3 Å². The lowest BCUT2D eigenvalue weighted by molar-refractivity contribution is -0.132. The van der Waals surface area contributed by atoms with Gasteiger partial charge in [-0.15, -0.1) is 11.3 Å². The molecule has 0 saturated heterocycles. The lowest BCUT2D eigenvalue weighted by Crippen LogP contribution is -2.35. The van der Waals surface area contributed by atoms with Gasteiger partial charge < -0.3 is 4.90 Å². The number of nitrogens with zero attached hydrogens (tertiary/aromatic N) is 1. The normalized spacial score (nSPS) is 19.9. The van der Waals surface area contributed by atoms with Crippen LogP contribution in [0, 0.1) is 5.92 Å². The van der Waals surface area contributed by atoms with Crippen molar-refractivity contribution in [3.8, 4) is 0 Å². The minimum Gasteiger partial charge on any atom is -0.338 e. The first-order chi connectivity index (χ1) is 9.83. The summed E-state index contributed by atoms with van der Waals surface area (Å²) >= 11 is 1.84. The summed E-state index contributed by atoms with van der Waals surface area (Å²) in [6.07, 6.45) is 11.2. The summed E-state index contributed by atoms with van der Waals surface area (Å²) in [5, 5.41) is 2.15. The first kappa shape index (κ1) is 14.1. The van der Waals surface area contributed by atoms with Gasteiger partial charge >= 0.3 is 0 Å². The molecule has 3 rings (SSSR count). The van der Waals surface area contributed by atoms with Crippen molar-refractivity contribution < 1.29 is 4.79 Å². The number of thiophene rings is 1. The Labute approximate surface area is 126 Å². The van der Waals surface area contributed by atoms with Crippen LogP contribution in [-0.4, -0.2) is 17.4 Å². The predicted molar refractivity (Wildman–Crippen MR) is 83.9 cm³/mol. The maximum Gasteiger partial charge on any atom is 0.222 e. The molecule has 1 amide bonds. The molecule has 110 valence electrons. The third-order valence-corrected chi connectivity index (χ3v) is 5.91. The maximum atomic E-state index is 12.3. The van der Waals surface area contributed by atoms with Crippen molar-refractivity contribution in [1.82, 2.24) is 4.90 Å². The molecule has 0 spiro atoms. The molecule has 3 heteroatoms. The van der Waals surface area contributed by atoms with Crippen molar-refractivity contribution in [2.45, 2.75) is 64.3 Å². The average Bonchev–Trinajstić information content (AvgIpc) is 2.95. The van der Waals surface area contributed by atoms with Crippen LogP contribution < -0.4 is 0 Å². The number of hydrogen-bond donors (Lipinski definition) is 0. The van der Waals surface area contributed by atoms with E-state index in [0.29, 0.717) is 5.91 Å². The molecule has 1 aliphatic heterocycles. The topological polar surface area (TPSA) is 20.3 Å². The average molecular weight is 291 g/mol. The Balaban J connectivity index is 1.41. The molecule has 1 aliphatic carbocycles. The van der Waals surface area contributed by atoms with Crippen LogP contribution in [0.2, 0.25) is 0 Å². The molecule has 1 aromatic rings. The van der Waals surface area contributed by atoms with Gasteiger partial charge in [-0.2, -0.15) is 0 Å². The number of fused-ring (bicyclic) bond motifs is 1.